The van der Waals surface area contributed by atoms with Gasteiger partial charge in [-0.05, 0) is 61.0 Å². The van der Waals surface area contributed by atoms with Gasteiger partial charge in [0.25, 0.3) is 0 Å². The second kappa shape index (κ2) is 5.60. The molecule has 0 saturated heterocycles. The van der Waals surface area contributed by atoms with E-state index in [0.717, 1.165) is 27.2 Å². The minimum atomic E-state index is -0.0778. The number of nitrogens with one attached hydrogen (secondary N) is 1. The Labute approximate surface area is 143 Å². The van der Waals surface area contributed by atoms with Gasteiger partial charge in [-0.1, -0.05) is 23.7 Å². The minimum absolute atomic E-state index is 0.0778. The smallest absolute Gasteiger partial charge is 0.139 e. The SMILES string of the molecule is CC(C)(C)Nc1c(-c2cccc(Cl)c2)nc2ccc(Br)cn12. The normalized spacial score (nSPS) is 11.9. The van der Waals surface area contributed by atoms with E-state index in [2.05, 4.69) is 46.4 Å². The van der Waals surface area contributed by atoms with Crippen molar-refractivity contribution in [3.8, 4) is 11.3 Å². The van der Waals surface area contributed by atoms with Crippen molar-refractivity contribution in [2.75, 3.05) is 5.32 Å². The fourth-order valence-corrected chi connectivity index (χ4v) is 2.86. The zero-order chi connectivity index (χ0) is 15.9. The topological polar surface area (TPSA) is 29.3 Å². The number of pyridine rings is 1. The first-order chi connectivity index (χ1) is 10.3. The largest absolute Gasteiger partial charge is 0.365 e. The molecule has 2 heterocycles. The molecule has 0 fully saturated rings. The molecule has 0 aliphatic carbocycles. The van der Waals surface area contributed by atoms with Crippen molar-refractivity contribution in [2.24, 2.45) is 0 Å². The number of aromatic nitrogens is 2. The van der Waals surface area contributed by atoms with Gasteiger partial charge in [0.1, 0.15) is 17.2 Å². The lowest BCUT2D eigenvalue weighted by atomic mass is 10.1. The van der Waals surface area contributed by atoms with Crippen molar-refractivity contribution in [3.05, 3.63) is 52.1 Å². The molecule has 5 heteroatoms. The number of nitrogens with zero attached hydrogens (tertiary/aromatic N) is 2. The van der Waals surface area contributed by atoms with Crippen LogP contribution in [-0.4, -0.2) is 14.9 Å². The molecule has 2 aromatic heterocycles. The van der Waals surface area contributed by atoms with Crippen LogP contribution in [0.15, 0.2) is 47.1 Å². The molecule has 1 N–H and O–H groups in total. The predicted octanol–water partition coefficient (Wildman–Crippen LogP) is 5.63. The molecule has 3 rings (SSSR count). The van der Waals surface area contributed by atoms with Gasteiger partial charge in [0.15, 0.2) is 0 Å². The molecule has 0 aliphatic heterocycles. The van der Waals surface area contributed by atoms with Gasteiger partial charge in [-0.15, -0.1) is 0 Å². The first-order valence-electron chi connectivity index (χ1n) is 7.05. The second-order valence-corrected chi connectivity index (χ2v) is 7.62. The van der Waals surface area contributed by atoms with Crippen molar-refractivity contribution in [1.29, 1.82) is 0 Å². The van der Waals surface area contributed by atoms with Crippen molar-refractivity contribution < 1.29 is 0 Å². The lowest BCUT2D eigenvalue weighted by molar-refractivity contribution is 0.629. The van der Waals surface area contributed by atoms with Crippen molar-refractivity contribution in [2.45, 2.75) is 26.3 Å². The number of imidazole rings is 1. The van der Waals surface area contributed by atoms with Crippen LogP contribution in [0.2, 0.25) is 5.02 Å². The Bertz CT molecular complexity index is 834. The van der Waals surface area contributed by atoms with Gasteiger partial charge in [0.05, 0.1) is 0 Å². The first-order valence-corrected chi connectivity index (χ1v) is 8.22. The molecule has 0 atom stereocenters. The molecule has 3 nitrogen and oxygen atoms in total. The summed E-state index contributed by atoms with van der Waals surface area (Å²) in [7, 11) is 0. The molecule has 0 radical (unpaired) electrons. The van der Waals surface area contributed by atoms with Crippen LogP contribution < -0.4 is 5.32 Å². The average molecular weight is 379 g/mol. The van der Waals surface area contributed by atoms with Crippen LogP contribution in [0, 0.1) is 0 Å². The molecule has 0 bridgehead atoms. The number of anilines is 1. The van der Waals surface area contributed by atoms with Gasteiger partial charge >= 0.3 is 0 Å². The third-order valence-corrected chi connectivity index (χ3v) is 3.88. The number of rotatable bonds is 2. The maximum Gasteiger partial charge on any atom is 0.139 e. The Morgan fingerprint density at radius 1 is 1.18 bits per heavy atom. The Hall–Kier alpha value is -1.52. The van der Waals surface area contributed by atoms with E-state index >= 15 is 0 Å². The number of benzene rings is 1. The Morgan fingerprint density at radius 3 is 2.64 bits per heavy atom. The standard InChI is InChI=1S/C17H17BrClN3/c1-17(2,3)21-16-15(11-5-4-6-13(19)9-11)20-14-8-7-12(18)10-22(14)16/h4-10,21H,1-3H3. The lowest BCUT2D eigenvalue weighted by Crippen LogP contribution is -2.27. The fraction of sp³-hybridized carbons (Fsp3) is 0.235. The molecule has 0 spiro atoms. The van der Waals surface area contributed by atoms with E-state index in [9.17, 15) is 0 Å². The first kappa shape index (κ1) is 15.4. The number of fused-ring (bicyclic) bond motifs is 1. The van der Waals surface area contributed by atoms with Crippen LogP contribution in [0.5, 0.6) is 0 Å². The highest BCUT2D eigenvalue weighted by Crippen LogP contribution is 2.32. The molecule has 0 amide bonds. The molecule has 1 aromatic carbocycles. The highest BCUT2D eigenvalue weighted by molar-refractivity contribution is 9.10. The molecule has 114 valence electrons. The van der Waals surface area contributed by atoms with Gasteiger partial charge in [-0.25, -0.2) is 4.98 Å². The van der Waals surface area contributed by atoms with Crippen molar-refractivity contribution in [3.63, 3.8) is 0 Å². The van der Waals surface area contributed by atoms with Gasteiger partial charge in [-0.3, -0.25) is 4.40 Å². The van der Waals surface area contributed by atoms with Gasteiger partial charge in [0.2, 0.25) is 0 Å². The summed E-state index contributed by atoms with van der Waals surface area (Å²) in [6.45, 7) is 6.39. The highest BCUT2D eigenvalue weighted by atomic mass is 79.9. The summed E-state index contributed by atoms with van der Waals surface area (Å²) in [6, 6.07) is 11.8. The number of hydrogen-bond acceptors (Lipinski definition) is 2. The third-order valence-electron chi connectivity index (χ3n) is 3.17. The van der Waals surface area contributed by atoms with Crippen LogP contribution >= 0.6 is 27.5 Å². The summed E-state index contributed by atoms with van der Waals surface area (Å²) >= 11 is 9.67. The van der Waals surface area contributed by atoms with E-state index in [0.29, 0.717) is 5.02 Å². The monoisotopic (exact) mass is 377 g/mol. The van der Waals surface area contributed by atoms with Crippen LogP contribution in [0.1, 0.15) is 20.8 Å². The van der Waals surface area contributed by atoms with Gasteiger partial charge in [0, 0.05) is 26.8 Å². The molecule has 0 aliphatic rings. The van der Waals surface area contributed by atoms with E-state index in [1.807, 2.05) is 42.6 Å². The Kier molecular flexibility index (Phi) is 3.91. The fourth-order valence-electron chi connectivity index (χ4n) is 2.33. The van der Waals surface area contributed by atoms with E-state index in [4.69, 9.17) is 16.6 Å². The second-order valence-electron chi connectivity index (χ2n) is 6.27. The maximum absolute atomic E-state index is 6.14. The van der Waals surface area contributed by atoms with Gasteiger partial charge < -0.3 is 5.32 Å². The predicted molar refractivity (Wildman–Crippen MR) is 96.7 cm³/mol. The number of halogens is 2. The summed E-state index contributed by atoms with van der Waals surface area (Å²) in [5, 5.41) is 4.26. The molecular weight excluding hydrogens is 362 g/mol. The summed E-state index contributed by atoms with van der Waals surface area (Å²) in [6.07, 6.45) is 2.02. The minimum Gasteiger partial charge on any atom is -0.365 e. The zero-order valence-electron chi connectivity index (χ0n) is 12.7. The van der Waals surface area contributed by atoms with E-state index in [-0.39, 0.29) is 5.54 Å². The van der Waals surface area contributed by atoms with Crippen LogP contribution in [0.3, 0.4) is 0 Å². The van der Waals surface area contributed by atoms with Crippen LogP contribution in [-0.2, 0) is 0 Å². The van der Waals surface area contributed by atoms with Crippen molar-refractivity contribution in [1.82, 2.24) is 9.38 Å². The molecular formula is C17H17BrClN3. The number of hydrogen-bond donors (Lipinski definition) is 1. The Morgan fingerprint density at radius 2 is 1.95 bits per heavy atom. The average Bonchev–Trinajstić information content (AvgIpc) is 2.75. The molecule has 3 aromatic rings. The summed E-state index contributed by atoms with van der Waals surface area (Å²) < 4.78 is 3.07. The molecule has 0 saturated carbocycles. The van der Waals surface area contributed by atoms with Crippen LogP contribution in [0.25, 0.3) is 16.9 Å². The van der Waals surface area contributed by atoms with Crippen molar-refractivity contribution >= 4 is 39.0 Å². The van der Waals surface area contributed by atoms with E-state index in [1.165, 1.54) is 0 Å². The molecule has 22 heavy (non-hydrogen) atoms. The van der Waals surface area contributed by atoms with E-state index < -0.39 is 0 Å². The van der Waals surface area contributed by atoms with Crippen LogP contribution in [0.4, 0.5) is 5.82 Å². The summed E-state index contributed by atoms with van der Waals surface area (Å²) in [4.78, 5) is 4.77. The molecule has 0 unspecified atom stereocenters. The quantitative estimate of drug-likeness (QED) is 0.626. The highest BCUT2D eigenvalue weighted by Gasteiger charge is 2.19. The zero-order valence-corrected chi connectivity index (χ0v) is 15.0. The summed E-state index contributed by atoms with van der Waals surface area (Å²) in [5.41, 5.74) is 2.71. The van der Waals surface area contributed by atoms with E-state index in [1.54, 1.807) is 0 Å². The maximum atomic E-state index is 6.14. The van der Waals surface area contributed by atoms with Gasteiger partial charge in [-0.2, -0.15) is 0 Å². The lowest BCUT2D eigenvalue weighted by Gasteiger charge is -2.22. The third kappa shape index (κ3) is 3.13. The summed E-state index contributed by atoms with van der Waals surface area (Å²) in [5.74, 6) is 0.964. The Balaban J connectivity index is 2.26.